The van der Waals surface area contributed by atoms with Crippen LogP contribution < -0.4 is 9.64 Å². The Morgan fingerprint density at radius 1 is 0.933 bits per heavy atom. The van der Waals surface area contributed by atoms with E-state index in [0.717, 1.165) is 17.0 Å². The van der Waals surface area contributed by atoms with Crippen LogP contribution in [0.2, 0.25) is 0 Å². The summed E-state index contributed by atoms with van der Waals surface area (Å²) in [6, 6.07) is 22.7. The number of amidine groups is 1. The number of pyridine rings is 1. The maximum atomic E-state index is 13.0. The van der Waals surface area contributed by atoms with Crippen LogP contribution in [0.15, 0.2) is 94.8 Å². The number of hydrogen-bond acceptors (Lipinski definition) is 6. The SMILES string of the molecule is COc1ccc(/C=C2\N=C3N(N=C(c4ccccn4)N3c3ccccc3)C2=O)cc1. The first-order valence-corrected chi connectivity index (χ1v) is 9.39. The van der Waals surface area contributed by atoms with E-state index in [4.69, 9.17) is 4.74 Å². The fraction of sp³-hybridized carbons (Fsp3) is 0.0435. The zero-order valence-electron chi connectivity index (χ0n) is 16.1. The zero-order chi connectivity index (χ0) is 20.5. The molecule has 0 bridgehead atoms. The normalized spacial score (nSPS) is 16.6. The number of hydrogen-bond donors (Lipinski definition) is 0. The van der Waals surface area contributed by atoms with Gasteiger partial charge in [0.25, 0.3) is 5.91 Å². The first-order chi connectivity index (χ1) is 14.7. The number of carbonyl (C=O) groups is 1. The zero-order valence-corrected chi connectivity index (χ0v) is 16.1. The third-order valence-corrected chi connectivity index (χ3v) is 4.76. The van der Waals surface area contributed by atoms with Gasteiger partial charge in [-0.25, -0.2) is 4.99 Å². The van der Waals surface area contributed by atoms with Crippen molar-refractivity contribution in [1.82, 2.24) is 9.99 Å². The largest absolute Gasteiger partial charge is 0.497 e. The fourth-order valence-electron chi connectivity index (χ4n) is 3.30. The van der Waals surface area contributed by atoms with Crippen molar-refractivity contribution in [3.05, 3.63) is 95.9 Å². The Bertz CT molecular complexity index is 1190. The molecule has 0 radical (unpaired) electrons. The van der Waals surface area contributed by atoms with Gasteiger partial charge in [-0.3, -0.25) is 14.7 Å². The molecule has 30 heavy (non-hydrogen) atoms. The van der Waals surface area contributed by atoms with E-state index >= 15 is 0 Å². The Labute approximate surface area is 173 Å². The second-order valence-electron chi connectivity index (χ2n) is 6.64. The molecule has 7 nitrogen and oxygen atoms in total. The molecular weight excluding hydrogens is 378 g/mol. The summed E-state index contributed by atoms with van der Waals surface area (Å²) in [7, 11) is 1.61. The number of benzene rings is 2. The molecule has 1 aromatic heterocycles. The molecule has 2 aromatic carbocycles. The summed E-state index contributed by atoms with van der Waals surface area (Å²) in [5.41, 5.74) is 2.68. The van der Waals surface area contributed by atoms with Gasteiger partial charge in [0.05, 0.1) is 12.8 Å². The molecule has 2 aliphatic rings. The van der Waals surface area contributed by atoms with Gasteiger partial charge in [0.2, 0.25) is 5.96 Å². The number of aliphatic imine (C=N–C) groups is 1. The van der Waals surface area contributed by atoms with Crippen molar-refractivity contribution in [3.63, 3.8) is 0 Å². The highest BCUT2D eigenvalue weighted by Gasteiger charge is 2.42. The maximum absolute atomic E-state index is 13.0. The van der Waals surface area contributed by atoms with E-state index in [9.17, 15) is 4.79 Å². The van der Waals surface area contributed by atoms with Gasteiger partial charge in [-0.05, 0) is 48.0 Å². The van der Waals surface area contributed by atoms with Crippen LogP contribution in [0.4, 0.5) is 5.69 Å². The molecule has 0 N–H and O–H groups in total. The van der Waals surface area contributed by atoms with Crippen LogP contribution in [-0.4, -0.2) is 34.8 Å². The number of para-hydroxylation sites is 1. The lowest BCUT2D eigenvalue weighted by Crippen LogP contribution is -2.37. The third-order valence-electron chi connectivity index (χ3n) is 4.76. The first kappa shape index (κ1) is 17.8. The van der Waals surface area contributed by atoms with Gasteiger partial charge in [0, 0.05) is 6.20 Å². The van der Waals surface area contributed by atoms with Gasteiger partial charge in [-0.1, -0.05) is 36.4 Å². The average molecular weight is 395 g/mol. The summed E-state index contributed by atoms with van der Waals surface area (Å²) in [5, 5.41) is 5.88. The van der Waals surface area contributed by atoms with Crippen molar-refractivity contribution in [2.45, 2.75) is 0 Å². The minimum atomic E-state index is -0.285. The number of carbonyl (C=O) groups excluding carboxylic acids is 1. The first-order valence-electron chi connectivity index (χ1n) is 9.39. The molecule has 0 atom stereocenters. The van der Waals surface area contributed by atoms with Gasteiger partial charge in [0.15, 0.2) is 5.84 Å². The summed E-state index contributed by atoms with van der Waals surface area (Å²) in [5.74, 6) is 1.46. The van der Waals surface area contributed by atoms with Crippen LogP contribution in [0.3, 0.4) is 0 Å². The van der Waals surface area contributed by atoms with Crippen LogP contribution >= 0.6 is 0 Å². The summed E-state index contributed by atoms with van der Waals surface area (Å²) >= 11 is 0. The summed E-state index contributed by atoms with van der Waals surface area (Å²) in [6.07, 6.45) is 3.44. The molecule has 0 aliphatic carbocycles. The van der Waals surface area contributed by atoms with Gasteiger partial charge in [-0.2, -0.15) is 5.01 Å². The highest BCUT2D eigenvalue weighted by molar-refractivity contribution is 6.33. The fourth-order valence-corrected chi connectivity index (χ4v) is 3.30. The van der Waals surface area contributed by atoms with Gasteiger partial charge >= 0.3 is 0 Å². The van der Waals surface area contributed by atoms with E-state index in [0.29, 0.717) is 23.2 Å². The van der Waals surface area contributed by atoms with Crippen LogP contribution in [0.5, 0.6) is 5.75 Å². The number of rotatable bonds is 4. The number of methoxy groups -OCH3 is 1. The summed E-state index contributed by atoms with van der Waals surface area (Å²) < 4.78 is 5.18. The van der Waals surface area contributed by atoms with Crippen molar-refractivity contribution < 1.29 is 9.53 Å². The topological polar surface area (TPSA) is 70.4 Å². The number of aromatic nitrogens is 1. The molecule has 2 aliphatic heterocycles. The van der Waals surface area contributed by atoms with E-state index in [1.807, 2.05) is 77.7 Å². The maximum Gasteiger partial charge on any atom is 0.300 e. The molecule has 146 valence electrons. The molecule has 0 saturated heterocycles. The number of anilines is 1. The van der Waals surface area contributed by atoms with Gasteiger partial charge in [-0.15, -0.1) is 5.10 Å². The standard InChI is InChI=1S/C23H17N5O2/c1-30-18-12-10-16(11-13-18)15-20-22(29)28-23(25-20)27(17-7-3-2-4-8-17)21(26-28)19-9-5-6-14-24-19/h2-15H,1H3/b20-15-. The number of ether oxygens (including phenoxy) is 1. The minimum absolute atomic E-state index is 0.285. The molecule has 3 aromatic rings. The van der Waals surface area contributed by atoms with Crippen molar-refractivity contribution in [3.8, 4) is 5.75 Å². The number of nitrogens with zero attached hydrogens (tertiary/aromatic N) is 5. The second-order valence-corrected chi connectivity index (χ2v) is 6.64. The lowest BCUT2D eigenvalue weighted by molar-refractivity contribution is -0.122. The number of guanidine groups is 1. The lowest BCUT2D eigenvalue weighted by atomic mass is 10.2. The average Bonchev–Trinajstić information content (AvgIpc) is 3.32. The Morgan fingerprint density at radius 2 is 1.70 bits per heavy atom. The predicted octanol–water partition coefficient (Wildman–Crippen LogP) is 3.51. The van der Waals surface area contributed by atoms with Crippen LogP contribution in [0.1, 0.15) is 11.3 Å². The summed E-state index contributed by atoms with van der Waals surface area (Å²) in [4.78, 5) is 23.9. The van der Waals surface area contributed by atoms with Crippen LogP contribution in [0.25, 0.3) is 6.08 Å². The predicted molar refractivity (Wildman–Crippen MR) is 115 cm³/mol. The van der Waals surface area contributed by atoms with E-state index in [1.54, 1.807) is 19.4 Å². The van der Waals surface area contributed by atoms with E-state index < -0.39 is 0 Å². The highest BCUT2D eigenvalue weighted by atomic mass is 16.5. The molecule has 0 fully saturated rings. The molecule has 5 rings (SSSR count). The number of amides is 1. The molecular formula is C23H17N5O2. The Morgan fingerprint density at radius 3 is 2.40 bits per heavy atom. The second kappa shape index (κ2) is 7.29. The van der Waals surface area contributed by atoms with Crippen molar-refractivity contribution in [2.24, 2.45) is 10.1 Å². The van der Waals surface area contributed by atoms with Crippen LogP contribution in [-0.2, 0) is 4.79 Å². The molecule has 0 spiro atoms. The number of hydrazone groups is 1. The molecule has 3 heterocycles. The van der Waals surface area contributed by atoms with Gasteiger partial charge in [0.1, 0.15) is 17.1 Å². The smallest absolute Gasteiger partial charge is 0.300 e. The molecule has 0 unspecified atom stereocenters. The van der Waals surface area contributed by atoms with E-state index in [-0.39, 0.29) is 5.91 Å². The highest BCUT2D eigenvalue weighted by Crippen LogP contribution is 2.30. The monoisotopic (exact) mass is 395 g/mol. The Kier molecular flexibility index (Phi) is 4.33. The minimum Gasteiger partial charge on any atom is -0.497 e. The molecule has 0 saturated carbocycles. The van der Waals surface area contributed by atoms with Crippen molar-refractivity contribution in [2.75, 3.05) is 12.0 Å². The van der Waals surface area contributed by atoms with E-state index in [1.165, 1.54) is 5.01 Å². The number of fused-ring (bicyclic) bond motifs is 1. The Hall–Kier alpha value is -4.26. The third kappa shape index (κ3) is 3.02. The quantitative estimate of drug-likeness (QED) is 0.634. The summed E-state index contributed by atoms with van der Waals surface area (Å²) in [6.45, 7) is 0. The van der Waals surface area contributed by atoms with Crippen LogP contribution in [0, 0.1) is 0 Å². The van der Waals surface area contributed by atoms with Crippen molar-refractivity contribution >= 4 is 29.5 Å². The van der Waals surface area contributed by atoms with Crippen molar-refractivity contribution in [1.29, 1.82) is 0 Å². The Balaban J connectivity index is 1.57. The molecule has 1 amide bonds. The van der Waals surface area contributed by atoms with E-state index in [2.05, 4.69) is 15.1 Å². The van der Waals surface area contributed by atoms with Gasteiger partial charge < -0.3 is 4.74 Å². The lowest BCUT2D eigenvalue weighted by Gasteiger charge is -2.19. The molecule has 7 heteroatoms.